The van der Waals surface area contributed by atoms with Crippen molar-refractivity contribution in [3.05, 3.63) is 54.1 Å². The highest BCUT2D eigenvalue weighted by molar-refractivity contribution is 7.92. The van der Waals surface area contributed by atoms with Crippen molar-refractivity contribution >= 4 is 27.8 Å². The fourth-order valence-electron chi connectivity index (χ4n) is 2.74. The van der Waals surface area contributed by atoms with Gasteiger partial charge in [-0.05, 0) is 55.8 Å². The van der Waals surface area contributed by atoms with Gasteiger partial charge in [-0.3, -0.25) is 10.1 Å². The van der Waals surface area contributed by atoms with Gasteiger partial charge < -0.3 is 13.9 Å². The maximum absolute atomic E-state index is 12.4. The number of anilines is 1. The Morgan fingerprint density at radius 2 is 1.81 bits per heavy atom. The highest BCUT2D eigenvalue weighted by Crippen LogP contribution is 2.28. The molecule has 1 amide bonds. The summed E-state index contributed by atoms with van der Waals surface area (Å²) in [5, 5.41) is 9.60. The Labute approximate surface area is 186 Å². The molecular formula is C22H23N3O6S. The number of aromatic nitrogens is 2. The predicted molar refractivity (Wildman–Crippen MR) is 119 cm³/mol. The maximum Gasteiger partial charge on any atom is 0.322 e. The van der Waals surface area contributed by atoms with Gasteiger partial charge in [0.25, 0.3) is 5.91 Å². The molecule has 0 unspecified atom stereocenters. The second-order valence-electron chi connectivity index (χ2n) is 6.97. The summed E-state index contributed by atoms with van der Waals surface area (Å²) in [6.07, 6.45) is 2.90. The first-order chi connectivity index (χ1) is 15.2. The van der Waals surface area contributed by atoms with Crippen molar-refractivity contribution in [1.29, 1.82) is 0 Å². The van der Waals surface area contributed by atoms with E-state index in [4.69, 9.17) is 13.9 Å². The number of hydrogen-bond acceptors (Lipinski definition) is 8. The van der Waals surface area contributed by atoms with Gasteiger partial charge in [0.1, 0.15) is 0 Å². The van der Waals surface area contributed by atoms with Crippen LogP contribution < -0.4 is 14.8 Å². The standard InChI is InChI=1S/C22H23N3O6S/c1-14(2)32(27,28)17-7-5-6-16(13-17)21-24-25-22(31-21)23-20(26)11-9-15-8-10-18(29-3)19(12-15)30-4/h5-14H,1-4H3,(H,23,25,26)/b11-9+. The number of carbonyl (C=O) groups is 1. The number of amides is 1. The van der Waals surface area contributed by atoms with E-state index in [1.807, 2.05) is 0 Å². The molecule has 9 nitrogen and oxygen atoms in total. The quantitative estimate of drug-likeness (QED) is 0.510. The molecule has 3 rings (SSSR count). The van der Waals surface area contributed by atoms with E-state index in [9.17, 15) is 13.2 Å². The molecule has 3 aromatic rings. The zero-order chi connectivity index (χ0) is 23.3. The fourth-order valence-corrected chi connectivity index (χ4v) is 3.85. The minimum absolute atomic E-state index is 0.0879. The van der Waals surface area contributed by atoms with Crippen LogP contribution in [-0.2, 0) is 14.6 Å². The summed E-state index contributed by atoms with van der Waals surface area (Å²) in [6.45, 7) is 3.22. The van der Waals surface area contributed by atoms with Crippen LogP contribution in [0.5, 0.6) is 11.5 Å². The fraction of sp³-hybridized carbons (Fsp3) is 0.227. The summed E-state index contributed by atoms with van der Waals surface area (Å²) in [4.78, 5) is 12.4. The molecular weight excluding hydrogens is 434 g/mol. The topological polar surface area (TPSA) is 121 Å². The molecule has 0 aliphatic rings. The Morgan fingerprint density at radius 3 is 2.50 bits per heavy atom. The van der Waals surface area contributed by atoms with E-state index in [0.29, 0.717) is 17.1 Å². The van der Waals surface area contributed by atoms with Crippen molar-refractivity contribution in [3.63, 3.8) is 0 Å². The largest absolute Gasteiger partial charge is 0.493 e. The van der Waals surface area contributed by atoms with E-state index in [2.05, 4.69) is 15.5 Å². The minimum atomic E-state index is -3.45. The molecule has 1 N–H and O–H groups in total. The average molecular weight is 458 g/mol. The normalized spacial score (nSPS) is 11.7. The highest BCUT2D eigenvalue weighted by Gasteiger charge is 2.20. The molecule has 0 saturated heterocycles. The van der Waals surface area contributed by atoms with Crippen molar-refractivity contribution in [1.82, 2.24) is 10.2 Å². The molecule has 0 fully saturated rings. The van der Waals surface area contributed by atoms with Crippen molar-refractivity contribution in [2.24, 2.45) is 0 Å². The number of nitrogens with one attached hydrogen (secondary N) is 1. The third kappa shape index (κ3) is 5.14. The van der Waals surface area contributed by atoms with E-state index < -0.39 is 21.0 Å². The molecule has 0 spiro atoms. The lowest BCUT2D eigenvalue weighted by molar-refractivity contribution is -0.112. The Morgan fingerprint density at radius 1 is 1.06 bits per heavy atom. The van der Waals surface area contributed by atoms with Gasteiger partial charge in [0.05, 0.1) is 24.4 Å². The van der Waals surface area contributed by atoms with Crippen LogP contribution in [0.25, 0.3) is 17.5 Å². The predicted octanol–water partition coefficient (Wildman–Crippen LogP) is 3.59. The van der Waals surface area contributed by atoms with Crippen LogP contribution in [0, 0.1) is 0 Å². The van der Waals surface area contributed by atoms with E-state index in [1.54, 1.807) is 57.4 Å². The second kappa shape index (κ2) is 9.65. The summed E-state index contributed by atoms with van der Waals surface area (Å²) in [6, 6.07) is 11.3. The van der Waals surface area contributed by atoms with Crippen molar-refractivity contribution in [2.75, 3.05) is 19.5 Å². The van der Waals surface area contributed by atoms with Gasteiger partial charge in [-0.25, -0.2) is 8.42 Å². The van der Waals surface area contributed by atoms with Crippen molar-refractivity contribution < 1.29 is 27.1 Å². The molecule has 10 heteroatoms. The van der Waals surface area contributed by atoms with E-state index in [0.717, 1.165) is 5.56 Å². The first kappa shape index (κ1) is 23.0. The van der Waals surface area contributed by atoms with Crippen LogP contribution in [0.4, 0.5) is 6.01 Å². The number of rotatable bonds is 8. The number of carbonyl (C=O) groups excluding carboxylic acids is 1. The van der Waals surface area contributed by atoms with Crippen LogP contribution in [0.1, 0.15) is 19.4 Å². The summed E-state index contributed by atoms with van der Waals surface area (Å²) in [5.41, 5.74) is 1.16. The van der Waals surface area contributed by atoms with Crippen LogP contribution in [-0.4, -0.2) is 44.0 Å². The number of hydrogen-bond donors (Lipinski definition) is 1. The van der Waals surface area contributed by atoms with Gasteiger partial charge >= 0.3 is 6.01 Å². The first-order valence-corrected chi connectivity index (χ1v) is 11.2. The van der Waals surface area contributed by atoms with E-state index in [1.165, 1.54) is 25.3 Å². The van der Waals surface area contributed by atoms with Crippen LogP contribution in [0.2, 0.25) is 0 Å². The first-order valence-electron chi connectivity index (χ1n) is 9.63. The highest BCUT2D eigenvalue weighted by atomic mass is 32.2. The average Bonchev–Trinajstić information content (AvgIpc) is 3.25. The number of ether oxygens (including phenoxy) is 2. The Bertz CT molecular complexity index is 1250. The van der Waals surface area contributed by atoms with Gasteiger partial charge in [0, 0.05) is 11.6 Å². The molecule has 2 aromatic carbocycles. The van der Waals surface area contributed by atoms with E-state index >= 15 is 0 Å². The molecule has 32 heavy (non-hydrogen) atoms. The zero-order valence-corrected chi connectivity index (χ0v) is 18.8. The Balaban J connectivity index is 1.72. The smallest absolute Gasteiger partial charge is 0.322 e. The van der Waals surface area contributed by atoms with Gasteiger partial charge in [-0.1, -0.05) is 17.2 Å². The van der Waals surface area contributed by atoms with Gasteiger partial charge in [0.15, 0.2) is 21.3 Å². The van der Waals surface area contributed by atoms with Crippen molar-refractivity contribution in [2.45, 2.75) is 24.0 Å². The molecule has 168 valence electrons. The molecule has 1 heterocycles. The zero-order valence-electron chi connectivity index (χ0n) is 18.0. The molecule has 1 aromatic heterocycles. The number of benzene rings is 2. The Kier molecular flexibility index (Phi) is 6.94. The van der Waals surface area contributed by atoms with Crippen LogP contribution in [0.15, 0.2) is 57.9 Å². The van der Waals surface area contributed by atoms with Crippen molar-refractivity contribution in [3.8, 4) is 23.0 Å². The molecule has 0 aliphatic heterocycles. The van der Waals surface area contributed by atoms with Gasteiger partial charge in [0.2, 0.25) is 5.89 Å². The van der Waals surface area contributed by atoms with Crippen LogP contribution >= 0.6 is 0 Å². The third-order valence-electron chi connectivity index (χ3n) is 4.52. The number of sulfone groups is 1. The lowest BCUT2D eigenvalue weighted by atomic mass is 10.2. The Hall–Kier alpha value is -3.66. The minimum Gasteiger partial charge on any atom is -0.493 e. The van der Waals surface area contributed by atoms with Gasteiger partial charge in [-0.2, -0.15) is 0 Å². The molecule has 0 saturated carbocycles. The summed E-state index contributed by atoms with van der Waals surface area (Å²) >= 11 is 0. The molecule has 0 aliphatic carbocycles. The maximum atomic E-state index is 12.4. The summed E-state index contributed by atoms with van der Waals surface area (Å²) < 4.78 is 40.7. The monoisotopic (exact) mass is 457 g/mol. The molecule has 0 atom stereocenters. The number of nitrogens with zero attached hydrogens (tertiary/aromatic N) is 2. The van der Waals surface area contributed by atoms with E-state index in [-0.39, 0.29) is 16.8 Å². The second-order valence-corrected chi connectivity index (χ2v) is 9.48. The number of methoxy groups -OCH3 is 2. The molecule has 0 bridgehead atoms. The molecule has 0 radical (unpaired) electrons. The third-order valence-corrected chi connectivity index (χ3v) is 6.67. The lowest BCUT2D eigenvalue weighted by Gasteiger charge is -2.08. The van der Waals surface area contributed by atoms with Gasteiger partial charge in [-0.15, -0.1) is 5.10 Å². The SMILES string of the molecule is COc1ccc(/C=C/C(=O)Nc2nnc(-c3cccc(S(=O)(=O)C(C)C)c3)o2)cc1OC. The van der Waals surface area contributed by atoms with Crippen LogP contribution in [0.3, 0.4) is 0 Å². The lowest BCUT2D eigenvalue weighted by Crippen LogP contribution is -2.13. The summed E-state index contributed by atoms with van der Waals surface area (Å²) in [5.74, 6) is 0.729. The summed E-state index contributed by atoms with van der Waals surface area (Å²) in [7, 11) is -0.381.